The highest BCUT2D eigenvalue weighted by Gasteiger charge is 2.19. The Labute approximate surface area is 186 Å². The minimum absolute atomic E-state index is 0.0987. The molecule has 0 saturated carbocycles. The summed E-state index contributed by atoms with van der Waals surface area (Å²) in [4.78, 5) is 31.0. The number of halogens is 1. The van der Waals surface area contributed by atoms with Crippen LogP contribution in [0.2, 0.25) is 25.7 Å². The maximum absolute atomic E-state index is 13.5. The van der Waals surface area contributed by atoms with Crippen molar-refractivity contribution in [1.29, 1.82) is 0 Å². The highest BCUT2D eigenvalue weighted by atomic mass is 79.9. The number of aromatic nitrogens is 3. The first-order valence-electron chi connectivity index (χ1n) is 9.62. The summed E-state index contributed by atoms with van der Waals surface area (Å²) in [5.74, 6) is 0. The third kappa shape index (κ3) is 4.07. The third-order valence-electron chi connectivity index (χ3n) is 4.90. The van der Waals surface area contributed by atoms with Gasteiger partial charge in [-0.3, -0.25) is 14.3 Å². The second-order valence-electron chi connectivity index (χ2n) is 8.34. The van der Waals surface area contributed by atoms with E-state index >= 15 is 0 Å². The zero-order valence-corrected chi connectivity index (χ0v) is 20.4. The lowest BCUT2D eigenvalue weighted by Crippen LogP contribution is -2.39. The van der Waals surface area contributed by atoms with Crippen LogP contribution in [-0.4, -0.2) is 28.8 Å². The molecule has 0 fully saturated rings. The maximum Gasteiger partial charge on any atom is 0.338 e. The summed E-state index contributed by atoms with van der Waals surface area (Å²) in [5, 5.41) is 1.67. The fraction of sp³-hybridized carbons (Fsp3) is 0.286. The number of fused-ring (bicyclic) bond motifs is 2. The van der Waals surface area contributed by atoms with Crippen LogP contribution in [0.1, 0.15) is 0 Å². The first-order chi connectivity index (χ1) is 14.3. The van der Waals surface area contributed by atoms with Crippen LogP contribution in [-0.2, 0) is 11.5 Å². The lowest BCUT2D eigenvalue weighted by molar-refractivity contribution is 0.0864. The summed E-state index contributed by atoms with van der Waals surface area (Å²) >= 11 is 4.77. The van der Waals surface area contributed by atoms with Gasteiger partial charge in [0.25, 0.3) is 5.56 Å². The maximum atomic E-state index is 13.5. The molecule has 0 aliphatic rings. The first-order valence-corrected chi connectivity index (χ1v) is 14.9. The Balaban J connectivity index is 1.89. The van der Waals surface area contributed by atoms with Crippen LogP contribution in [0.25, 0.3) is 26.7 Å². The second kappa shape index (κ2) is 8.22. The molecule has 4 aromatic rings. The van der Waals surface area contributed by atoms with E-state index in [4.69, 9.17) is 4.74 Å². The minimum Gasteiger partial charge on any atom is -0.361 e. The van der Waals surface area contributed by atoms with Crippen LogP contribution in [0.4, 0.5) is 0 Å². The van der Waals surface area contributed by atoms with E-state index in [2.05, 4.69) is 40.6 Å². The molecule has 156 valence electrons. The van der Waals surface area contributed by atoms with Crippen LogP contribution in [0.15, 0.2) is 56.1 Å². The van der Waals surface area contributed by atoms with Gasteiger partial charge in [0.15, 0.2) is 0 Å². The predicted octanol–water partition coefficient (Wildman–Crippen LogP) is 4.84. The molecule has 0 unspecified atom stereocenters. The number of hydrogen-bond acceptors (Lipinski definition) is 5. The molecule has 0 spiro atoms. The van der Waals surface area contributed by atoms with Crippen molar-refractivity contribution < 1.29 is 4.74 Å². The van der Waals surface area contributed by atoms with Crippen LogP contribution >= 0.6 is 27.3 Å². The van der Waals surface area contributed by atoms with Crippen molar-refractivity contribution in [2.75, 3.05) is 6.61 Å². The summed E-state index contributed by atoms with van der Waals surface area (Å²) in [5.41, 5.74) is 0.288. The third-order valence-corrected chi connectivity index (χ3v) is 8.22. The Morgan fingerprint density at radius 3 is 2.70 bits per heavy atom. The average Bonchev–Trinajstić information content (AvgIpc) is 3.08. The fourth-order valence-electron chi connectivity index (χ4n) is 3.27. The van der Waals surface area contributed by atoms with Crippen molar-refractivity contribution in [1.82, 2.24) is 14.1 Å². The molecule has 0 bridgehead atoms. The molecule has 30 heavy (non-hydrogen) atoms. The zero-order valence-electron chi connectivity index (χ0n) is 17.0. The number of benzene rings is 1. The van der Waals surface area contributed by atoms with E-state index in [1.54, 1.807) is 18.5 Å². The molecule has 1 aromatic carbocycles. The van der Waals surface area contributed by atoms with Gasteiger partial charge in [-0.15, -0.1) is 11.3 Å². The molecule has 0 N–H and O–H groups in total. The monoisotopic (exact) mass is 503 g/mol. The lowest BCUT2D eigenvalue weighted by Gasteiger charge is -2.17. The number of rotatable bonds is 6. The summed E-state index contributed by atoms with van der Waals surface area (Å²) in [6, 6.07) is 10.4. The predicted molar refractivity (Wildman–Crippen MR) is 129 cm³/mol. The Hall–Kier alpha value is -2.07. The highest BCUT2D eigenvalue weighted by Crippen LogP contribution is 2.27. The van der Waals surface area contributed by atoms with Crippen molar-refractivity contribution in [3.05, 3.63) is 67.4 Å². The van der Waals surface area contributed by atoms with E-state index in [1.165, 1.54) is 20.5 Å². The standard InChI is InChI=1S/C21H22BrN3O3SSi/c1-30(2,3)9-8-28-13-24-16-10-18(22)29-19(16)20(26)25(21(24)27)17-12-23-11-14-6-4-5-7-15(14)17/h4-7,10-12H,8-9,13H2,1-3H3. The van der Waals surface area contributed by atoms with E-state index in [-0.39, 0.29) is 12.3 Å². The number of nitrogens with zero attached hydrogens (tertiary/aromatic N) is 3. The number of hydrogen-bond donors (Lipinski definition) is 0. The van der Waals surface area contributed by atoms with Gasteiger partial charge in [-0.25, -0.2) is 9.36 Å². The molecule has 0 saturated heterocycles. The SMILES string of the molecule is C[Si](C)(C)CCOCn1c(=O)n(-c2cncc3ccccc23)c(=O)c2sc(Br)cc21. The lowest BCUT2D eigenvalue weighted by atomic mass is 10.1. The summed E-state index contributed by atoms with van der Waals surface area (Å²) in [6.07, 6.45) is 3.29. The Bertz CT molecular complexity index is 1350. The van der Waals surface area contributed by atoms with E-state index in [9.17, 15) is 9.59 Å². The Morgan fingerprint density at radius 2 is 1.93 bits per heavy atom. The van der Waals surface area contributed by atoms with Gasteiger partial charge in [0.1, 0.15) is 11.4 Å². The molecule has 9 heteroatoms. The van der Waals surface area contributed by atoms with E-state index < -0.39 is 13.8 Å². The summed E-state index contributed by atoms with van der Waals surface area (Å²) in [7, 11) is -1.24. The molecule has 3 heterocycles. The van der Waals surface area contributed by atoms with Gasteiger partial charge >= 0.3 is 5.69 Å². The number of ether oxygens (including phenoxy) is 1. The summed E-state index contributed by atoms with van der Waals surface area (Å²) in [6.45, 7) is 7.53. The Morgan fingerprint density at radius 1 is 1.17 bits per heavy atom. The largest absolute Gasteiger partial charge is 0.361 e. The van der Waals surface area contributed by atoms with Gasteiger partial charge in [0.2, 0.25) is 0 Å². The molecule has 0 amide bonds. The van der Waals surface area contributed by atoms with Crippen LogP contribution in [0.5, 0.6) is 0 Å². The molecule has 0 atom stereocenters. The van der Waals surface area contributed by atoms with Gasteiger partial charge in [-0.2, -0.15) is 0 Å². The van der Waals surface area contributed by atoms with Crippen molar-refractivity contribution in [2.45, 2.75) is 32.4 Å². The summed E-state index contributed by atoms with van der Waals surface area (Å²) < 4.78 is 9.90. The number of pyridine rings is 1. The zero-order chi connectivity index (χ0) is 21.5. The molecule has 6 nitrogen and oxygen atoms in total. The highest BCUT2D eigenvalue weighted by molar-refractivity contribution is 9.11. The quantitative estimate of drug-likeness (QED) is 0.279. The van der Waals surface area contributed by atoms with Crippen molar-refractivity contribution in [3.8, 4) is 5.69 Å². The fourth-order valence-corrected chi connectivity index (χ4v) is 5.55. The van der Waals surface area contributed by atoms with Crippen molar-refractivity contribution >= 4 is 56.3 Å². The van der Waals surface area contributed by atoms with Gasteiger partial charge in [-0.1, -0.05) is 43.9 Å². The van der Waals surface area contributed by atoms with Crippen molar-refractivity contribution in [3.63, 3.8) is 0 Å². The topological polar surface area (TPSA) is 66.1 Å². The van der Waals surface area contributed by atoms with Gasteiger partial charge in [-0.05, 0) is 28.0 Å². The van der Waals surface area contributed by atoms with E-state index in [1.807, 2.05) is 24.3 Å². The van der Waals surface area contributed by atoms with Crippen LogP contribution < -0.4 is 11.2 Å². The van der Waals surface area contributed by atoms with Crippen LogP contribution in [0.3, 0.4) is 0 Å². The molecule has 0 aliphatic carbocycles. The number of thiophene rings is 1. The normalized spacial score (nSPS) is 12.1. The average molecular weight is 504 g/mol. The molecule has 3 aromatic heterocycles. The Kier molecular flexibility index (Phi) is 5.80. The molecule has 0 aliphatic heterocycles. The van der Waals surface area contributed by atoms with E-state index in [0.29, 0.717) is 22.5 Å². The second-order valence-corrected chi connectivity index (χ2v) is 16.4. The van der Waals surface area contributed by atoms with Gasteiger partial charge in [0, 0.05) is 31.7 Å². The van der Waals surface area contributed by atoms with Gasteiger partial charge in [0.05, 0.1) is 21.2 Å². The minimum atomic E-state index is -1.24. The molecular weight excluding hydrogens is 482 g/mol. The van der Waals surface area contributed by atoms with Crippen molar-refractivity contribution in [2.24, 2.45) is 0 Å². The van der Waals surface area contributed by atoms with Gasteiger partial charge < -0.3 is 4.74 Å². The molecule has 0 radical (unpaired) electrons. The van der Waals surface area contributed by atoms with Crippen LogP contribution in [0, 0.1) is 0 Å². The smallest absolute Gasteiger partial charge is 0.338 e. The first kappa shape index (κ1) is 21.2. The van der Waals surface area contributed by atoms with E-state index in [0.717, 1.165) is 20.6 Å². The molecular formula is C21H22BrN3O3SSi. The molecule has 4 rings (SSSR count).